The number of aryl methyl sites for hydroxylation is 3. The Kier molecular flexibility index (Phi) is 4.66. The molecule has 144 valence electrons. The van der Waals surface area contributed by atoms with Crippen molar-refractivity contribution in [2.75, 3.05) is 0 Å². The molecule has 2 aliphatic rings. The van der Waals surface area contributed by atoms with Gasteiger partial charge in [0, 0.05) is 11.1 Å². The van der Waals surface area contributed by atoms with Crippen molar-refractivity contribution >= 4 is 17.5 Å². The number of amides is 2. The van der Waals surface area contributed by atoms with Gasteiger partial charge in [-0.25, -0.2) is 4.90 Å². The fraction of sp³-hybridized carbons (Fsp3) is 0.375. The van der Waals surface area contributed by atoms with Crippen LogP contribution in [-0.2, 0) is 4.79 Å². The highest BCUT2D eigenvalue weighted by Crippen LogP contribution is 2.40. The molecule has 0 N–H and O–H groups in total. The number of nitrogens with zero attached hydrogens (tertiary/aromatic N) is 2. The summed E-state index contributed by atoms with van der Waals surface area (Å²) in [5, 5.41) is 0. The summed E-state index contributed by atoms with van der Waals surface area (Å²) in [6, 6.07) is 13.4. The van der Waals surface area contributed by atoms with E-state index in [2.05, 4.69) is 0 Å². The van der Waals surface area contributed by atoms with E-state index in [1.807, 2.05) is 63.2 Å². The van der Waals surface area contributed by atoms with Gasteiger partial charge in [-0.2, -0.15) is 0 Å². The fourth-order valence-corrected chi connectivity index (χ4v) is 4.24. The van der Waals surface area contributed by atoms with Crippen LogP contribution in [0.3, 0.4) is 0 Å². The van der Waals surface area contributed by atoms with E-state index in [4.69, 9.17) is 4.99 Å². The Morgan fingerprint density at radius 1 is 0.929 bits per heavy atom. The highest BCUT2D eigenvalue weighted by atomic mass is 16.2. The number of hydrogen-bond acceptors (Lipinski definition) is 3. The second-order valence-electron chi connectivity index (χ2n) is 8.11. The van der Waals surface area contributed by atoms with Crippen LogP contribution in [0.5, 0.6) is 0 Å². The Hall–Kier alpha value is -2.75. The Bertz CT molecular complexity index is 967. The summed E-state index contributed by atoms with van der Waals surface area (Å²) < 4.78 is 0. The van der Waals surface area contributed by atoms with Crippen molar-refractivity contribution in [3.63, 3.8) is 0 Å². The average Bonchev–Trinajstić information content (AvgIpc) is 2.96. The zero-order chi connectivity index (χ0) is 19.9. The van der Waals surface area contributed by atoms with E-state index >= 15 is 0 Å². The van der Waals surface area contributed by atoms with Gasteiger partial charge in [0.05, 0.1) is 0 Å². The van der Waals surface area contributed by atoms with Crippen molar-refractivity contribution in [3.05, 3.63) is 70.3 Å². The van der Waals surface area contributed by atoms with Crippen LogP contribution in [0.4, 0.5) is 0 Å². The van der Waals surface area contributed by atoms with Crippen LogP contribution in [0, 0.1) is 20.8 Å². The summed E-state index contributed by atoms with van der Waals surface area (Å²) in [4.78, 5) is 33.2. The summed E-state index contributed by atoms with van der Waals surface area (Å²) in [5.74, 6) is -0.505. The van der Waals surface area contributed by atoms with Crippen LogP contribution in [0.2, 0.25) is 0 Å². The molecule has 4 heteroatoms. The summed E-state index contributed by atoms with van der Waals surface area (Å²) in [5.41, 5.74) is 4.34. The number of carbonyl (C=O) groups excluding carboxylic acids is 2. The summed E-state index contributed by atoms with van der Waals surface area (Å²) in [6.07, 6.45) is 4.57. The van der Waals surface area contributed by atoms with Gasteiger partial charge in [0.2, 0.25) is 0 Å². The number of imide groups is 1. The van der Waals surface area contributed by atoms with Crippen LogP contribution in [0.15, 0.2) is 47.5 Å². The van der Waals surface area contributed by atoms with Gasteiger partial charge < -0.3 is 0 Å². The highest BCUT2D eigenvalue weighted by Gasteiger charge is 2.51. The van der Waals surface area contributed by atoms with E-state index in [0.717, 1.165) is 54.4 Å². The number of carbonyl (C=O) groups is 2. The van der Waals surface area contributed by atoms with Crippen LogP contribution in [-0.4, -0.2) is 28.1 Å². The summed E-state index contributed by atoms with van der Waals surface area (Å²) >= 11 is 0. The predicted octanol–water partition coefficient (Wildman–Crippen LogP) is 4.74. The molecule has 4 rings (SSSR count). The minimum atomic E-state index is -0.731. The van der Waals surface area contributed by atoms with Crippen molar-refractivity contribution in [1.29, 1.82) is 0 Å². The molecular weight excluding hydrogens is 348 g/mol. The van der Waals surface area contributed by atoms with E-state index in [1.54, 1.807) is 0 Å². The molecule has 4 nitrogen and oxygen atoms in total. The maximum Gasteiger partial charge on any atom is 0.281 e. The maximum absolute atomic E-state index is 13.5. The molecule has 1 spiro atoms. The number of benzene rings is 2. The molecule has 0 saturated heterocycles. The second kappa shape index (κ2) is 7.01. The van der Waals surface area contributed by atoms with Gasteiger partial charge in [0.25, 0.3) is 11.8 Å². The predicted molar refractivity (Wildman–Crippen MR) is 111 cm³/mol. The van der Waals surface area contributed by atoms with Crippen LogP contribution in [0.1, 0.15) is 64.7 Å². The average molecular weight is 374 g/mol. The van der Waals surface area contributed by atoms with E-state index in [9.17, 15) is 9.59 Å². The topological polar surface area (TPSA) is 49.7 Å². The molecule has 28 heavy (non-hydrogen) atoms. The minimum absolute atomic E-state index is 0.235. The molecule has 1 heterocycles. The third-order valence-corrected chi connectivity index (χ3v) is 6.08. The van der Waals surface area contributed by atoms with Crippen molar-refractivity contribution in [2.45, 2.75) is 58.5 Å². The Balaban J connectivity index is 1.77. The van der Waals surface area contributed by atoms with E-state index in [1.165, 1.54) is 4.90 Å². The SMILES string of the molecule is Cc1ccc(C2=NC3(CCCCC3)N(C(=O)c3ccc(C)c(C)c3)C2=O)cc1. The van der Waals surface area contributed by atoms with Crippen LogP contribution < -0.4 is 0 Å². The molecule has 0 bridgehead atoms. The molecule has 0 aromatic heterocycles. The van der Waals surface area contributed by atoms with Gasteiger partial charge in [-0.3, -0.25) is 14.6 Å². The molecule has 1 aliphatic carbocycles. The minimum Gasteiger partial charge on any atom is -0.269 e. The quantitative estimate of drug-likeness (QED) is 0.713. The van der Waals surface area contributed by atoms with Crippen molar-refractivity contribution in [2.24, 2.45) is 4.99 Å². The standard InChI is InChI=1S/C24H26N2O2/c1-16-7-10-19(11-8-16)21-23(28)26(24(25-21)13-5-4-6-14-24)22(27)20-12-9-17(2)18(3)15-20/h7-12,15H,4-6,13-14H2,1-3H3. The van der Waals surface area contributed by atoms with Gasteiger partial charge in [-0.05, 0) is 69.7 Å². The van der Waals surface area contributed by atoms with Crippen LogP contribution >= 0.6 is 0 Å². The molecule has 1 aliphatic heterocycles. The highest BCUT2D eigenvalue weighted by molar-refractivity contribution is 6.49. The smallest absolute Gasteiger partial charge is 0.269 e. The van der Waals surface area contributed by atoms with Gasteiger partial charge >= 0.3 is 0 Å². The van der Waals surface area contributed by atoms with Crippen molar-refractivity contribution in [3.8, 4) is 0 Å². The molecule has 1 fully saturated rings. The summed E-state index contributed by atoms with van der Waals surface area (Å²) in [7, 11) is 0. The van der Waals surface area contributed by atoms with Gasteiger partial charge in [0.15, 0.2) is 0 Å². The Morgan fingerprint density at radius 3 is 2.25 bits per heavy atom. The first kappa shape index (κ1) is 18.6. The zero-order valence-electron chi connectivity index (χ0n) is 16.8. The lowest BCUT2D eigenvalue weighted by Gasteiger charge is -2.37. The van der Waals surface area contributed by atoms with Crippen molar-refractivity contribution < 1.29 is 9.59 Å². The lowest BCUT2D eigenvalue weighted by Crippen LogP contribution is -2.51. The third-order valence-electron chi connectivity index (χ3n) is 6.08. The zero-order valence-corrected chi connectivity index (χ0v) is 16.8. The maximum atomic E-state index is 13.5. The summed E-state index contributed by atoms with van der Waals surface area (Å²) in [6.45, 7) is 6.02. The molecule has 0 unspecified atom stereocenters. The fourth-order valence-electron chi connectivity index (χ4n) is 4.24. The van der Waals surface area contributed by atoms with Gasteiger partial charge in [-0.15, -0.1) is 0 Å². The van der Waals surface area contributed by atoms with E-state index in [-0.39, 0.29) is 11.8 Å². The number of rotatable bonds is 2. The van der Waals surface area contributed by atoms with Crippen molar-refractivity contribution in [1.82, 2.24) is 4.90 Å². The molecule has 2 aromatic rings. The Labute approximate surface area is 166 Å². The van der Waals surface area contributed by atoms with Crippen LogP contribution in [0.25, 0.3) is 0 Å². The Morgan fingerprint density at radius 2 is 1.61 bits per heavy atom. The number of hydrogen-bond donors (Lipinski definition) is 0. The lowest BCUT2D eigenvalue weighted by atomic mass is 9.88. The first-order valence-electron chi connectivity index (χ1n) is 10.0. The lowest BCUT2D eigenvalue weighted by molar-refractivity contribution is -0.125. The van der Waals surface area contributed by atoms with E-state index in [0.29, 0.717) is 11.3 Å². The monoisotopic (exact) mass is 374 g/mol. The molecular formula is C24H26N2O2. The van der Waals surface area contributed by atoms with Gasteiger partial charge in [-0.1, -0.05) is 42.3 Å². The molecule has 0 radical (unpaired) electrons. The third kappa shape index (κ3) is 3.07. The first-order valence-corrected chi connectivity index (χ1v) is 10.0. The first-order chi connectivity index (χ1) is 13.4. The molecule has 2 aromatic carbocycles. The largest absolute Gasteiger partial charge is 0.281 e. The van der Waals surface area contributed by atoms with Gasteiger partial charge in [0.1, 0.15) is 11.4 Å². The van der Waals surface area contributed by atoms with E-state index < -0.39 is 5.66 Å². The second-order valence-corrected chi connectivity index (χ2v) is 8.11. The normalized spacial score (nSPS) is 18.5. The molecule has 2 amide bonds. The molecule has 0 atom stereocenters. The molecule has 1 saturated carbocycles. The number of aliphatic imine (C=N–C) groups is 1.